The molecule has 2 aromatic heterocycles. The van der Waals surface area contributed by atoms with E-state index in [2.05, 4.69) is 9.97 Å². The number of halogens is 3. The van der Waals surface area contributed by atoms with E-state index in [0.29, 0.717) is 18.7 Å². The number of alkyl halides is 3. The van der Waals surface area contributed by atoms with Crippen LogP contribution in [0.3, 0.4) is 0 Å². The van der Waals surface area contributed by atoms with Gasteiger partial charge in [-0.05, 0) is 25.0 Å². The maximum absolute atomic E-state index is 12.7. The summed E-state index contributed by atoms with van der Waals surface area (Å²) in [5.41, 5.74) is 5.40. The fraction of sp³-hybridized carbons (Fsp3) is 0.500. The first-order chi connectivity index (χ1) is 9.47. The quantitative estimate of drug-likeness (QED) is 0.874. The number of imidazole rings is 1. The summed E-state index contributed by atoms with van der Waals surface area (Å²) in [5, 5.41) is 0. The zero-order valence-corrected chi connectivity index (χ0v) is 10.5. The fourth-order valence-corrected chi connectivity index (χ4v) is 2.44. The Morgan fingerprint density at radius 3 is 2.75 bits per heavy atom. The third kappa shape index (κ3) is 2.20. The van der Waals surface area contributed by atoms with Crippen molar-refractivity contribution in [3.8, 4) is 0 Å². The smallest absolute Gasteiger partial charge is 0.379 e. The first-order valence-corrected chi connectivity index (χ1v) is 6.26. The Morgan fingerprint density at radius 2 is 2.10 bits per heavy atom. The maximum Gasteiger partial charge on any atom is 0.433 e. The van der Waals surface area contributed by atoms with Crippen LogP contribution in [0.5, 0.6) is 0 Å². The van der Waals surface area contributed by atoms with Crippen LogP contribution in [0, 0.1) is 0 Å². The highest BCUT2D eigenvalue weighted by Gasteiger charge is 2.33. The summed E-state index contributed by atoms with van der Waals surface area (Å²) in [5.74, 6) is 0.169. The molecular formula is C12H13F3N4O. The second-order valence-corrected chi connectivity index (χ2v) is 4.75. The van der Waals surface area contributed by atoms with E-state index >= 15 is 0 Å². The van der Waals surface area contributed by atoms with Crippen molar-refractivity contribution in [1.82, 2.24) is 14.5 Å². The molecule has 20 heavy (non-hydrogen) atoms. The van der Waals surface area contributed by atoms with E-state index in [4.69, 9.17) is 10.5 Å². The normalized spacial score (nSPS) is 20.4. The summed E-state index contributed by atoms with van der Waals surface area (Å²) >= 11 is 0. The molecule has 0 amide bonds. The first-order valence-electron chi connectivity index (χ1n) is 6.26. The van der Waals surface area contributed by atoms with Crippen molar-refractivity contribution in [2.45, 2.75) is 25.1 Å². The number of rotatable bonds is 1. The van der Waals surface area contributed by atoms with Crippen LogP contribution in [-0.4, -0.2) is 27.7 Å². The van der Waals surface area contributed by atoms with Crippen LogP contribution in [0.15, 0.2) is 12.1 Å². The van der Waals surface area contributed by atoms with Gasteiger partial charge in [-0.3, -0.25) is 4.57 Å². The molecule has 1 atom stereocenters. The number of fused-ring (bicyclic) bond motifs is 1. The molecule has 1 fully saturated rings. The Hall–Kier alpha value is -1.83. The molecule has 0 saturated carbocycles. The molecule has 0 radical (unpaired) electrons. The lowest BCUT2D eigenvalue weighted by Gasteiger charge is -2.24. The molecule has 3 heterocycles. The van der Waals surface area contributed by atoms with E-state index < -0.39 is 11.9 Å². The van der Waals surface area contributed by atoms with Gasteiger partial charge >= 0.3 is 6.18 Å². The Morgan fingerprint density at radius 1 is 1.30 bits per heavy atom. The lowest BCUT2D eigenvalue weighted by Crippen LogP contribution is -2.23. The van der Waals surface area contributed by atoms with Gasteiger partial charge in [0.1, 0.15) is 11.2 Å². The highest BCUT2D eigenvalue weighted by Crippen LogP contribution is 2.31. The minimum atomic E-state index is -4.49. The maximum atomic E-state index is 12.7. The van der Waals surface area contributed by atoms with Crippen molar-refractivity contribution in [3.63, 3.8) is 0 Å². The number of aromatic nitrogens is 3. The molecule has 2 N–H and O–H groups in total. The number of nitrogens with zero attached hydrogens (tertiary/aromatic N) is 3. The Balaban J connectivity index is 2.12. The molecule has 0 spiro atoms. The van der Waals surface area contributed by atoms with Gasteiger partial charge in [-0.15, -0.1) is 0 Å². The van der Waals surface area contributed by atoms with Crippen molar-refractivity contribution in [2.24, 2.45) is 0 Å². The summed E-state index contributed by atoms with van der Waals surface area (Å²) < 4.78 is 45.1. The SMILES string of the molecule is Nc1nc2ccc(C(F)(F)F)nc2n1C1CCCOC1. The molecular weight excluding hydrogens is 273 g/mol. The Labute approximate surface area is 112 Å². The topological polar surface area (TPSA) is 66.0 Å². The highest BCUT2D eigenvalue weighted by atomic mass is 19.4. The van der Waals surface area contributed by atoms with Gasteiger partial charge in [-0.25, -0.2) is 9.97 Å². The van der Waals surface area contributed by atoms with Gasteiger partial charge in [0.05, 0.1) is 12.6 Å². The Kier molecular flexibility index (Phi) is 3.04. The molecule has 2 aromatic rings. The lowest BCUT2D eigenvalue weighted by atomic mass is 10.1. The average molecular weight is 286 g/mol. The fourth-order valence-electron chi connectivity index (χ4n) is 2.44. The summed E-state index contributed by atoms with van der Waals surface area (Å²) in [7, 11) is 0. The van der Waals surface area contributed by atoms with Crippen molar-refractivity contribution in [1.29, 1.82) is 0 Å². The second kappa shape index (κ2) is 4.62. The van der Waals surface area contributed by atoms with Gasteiger partial charge in [-0.2, -0.15) is 13.2 Å². The largest absolute Gasteiger partial charge is 0.433 e. The van der Waals surface area contributed by atoms with Crippen LogP contribution >= 0.6 is 0 Å². The monoisotopic (exact) mass is 286 g/mol. The average Bonchev–Trinajstić information content (AvgIpc) is 2.73. The van der Waals surface area contributed by atoms with Crippen LogP contribution in [0.4, 0.5) is 19.1 Å². The van der Waals surface area contributed by atoms with Gasteiger partial charge in [0.2, 0.25) is 5.95 Å². The zero-order chi connectivity index (χ0) is 14.3. The highest BCUT2D eigenvalue weighted by molar-refractivity contribution is 5.74. The standard InChI is InChI=1S/C12H13F3N4O/c13-12(14,15)9-4-3-8-10(18-9)19(11(16)17-8)7-2-1-5-20-6-7/h3-4,7H,1-2,5-6H2,(H2,16,17). The van der Waals surface area contributed by atoms with E-state index in [1.165, 1.54) is 6.07 Å². The molecule has 0 bridgehead atoms. The van der Waals surface area contributed by atoms with Crippen LogP contribution in [0.2, 0.25) is 0 Å². The molecule has 108 valence electrons. The third-order valence-electron chi connectivity index (χ3n) is 3.36. The van der Waals surface area contributed by atoms with E-state index in [1.807, 2.05) is 0 Å². The van der Waals surface area contributed by atoms with Crippen molar-refractivity contribution in [2.75, 3.05) is 18.9 Å². The molecule has 0 aliphatic carbocycles. The van der Waals surface area contributed by atoms with Gasteiger partial charge < -0.3 is 10.5 Å². The Bertz CT molecular complexity index is 631. The van der Waals surface area contributed by atoms with E-state index in [0.717, 1.165) is 18.9 Å². The first kappa shape index (κ1) is 13.2. The molecule has 1 unspecified atom stereocenters. The van der Waals surface area contributed by atoms with Crippen molar-refractivity contribution >= 4 is 17.1 Å². The predicted octanol–water partition coefficient (Wildman–Crippen LogP) is 2.38. The van der Waals surface area contributed by atoms with Crippen LogP contribution in [0.25, 0.3) is 11.2 Å². The zero-order valence-electron chi connectivity index (χ0n) is 10.5. The number of hydrogen-bond donors (Lipinski definition) is 1. The second-order valence-electron chi connectivity index (χ2n) is 4.75. The molecule has 1 aliphatic heterocycles. The molecule has 1 saturated heterocycles. The number of anilines is 1. The molecule has 8 heteroatoms. The third-order valence-corrected chi connectivity index (χ3v) is 3.36. The van der Waals surface area contributed by atoms with Crippen LogP contribution in [-0.2, 0) is 10.9 Å². The van der Waals surface area contributed by atoms with Crippen LogP contribution < -0.4 is 5.73 Å². The molecule has 3 rings (SSSR count). The molecule has 1 aliphatic rings. The minimum absolute atomic E-state index is 0.121. The van der Waals surface area contributed by atoms with Crippen molar-refractivity contribution in [3.05, 3.63) is 17.8 Å². The molecule has 5 nitrogen and oxygen atoms in total. The van der Waals surface area contributed by atoms with E-state index in [1.54, 1.807) is 4.57 Å². The summed E-state index contributed by atoms with van der Waals surface area (Å²) in [6.07, 6.45) is -2.86. The lowest BCUT2D eigenvalue weighted by molar-refractivity contribution is -0.141. The minimum Gasteiger partial charge on any atom is -0.379 e. The van der Waals surface area contributed by atoms with Gasteiger partial charge in [0, 0.05) is 6.61 Å². The van der Waals surface area contributed by atoms with Crippen molar-refractivity contribution < 1.29 is 17.9 Å². The summed E-state index contributed by atoms with van der Waals surface area (Å²) in [6, 6.07) is 2.09. The number of pyridine rings is 1. The summed E-state index contributed by atoms with van der Waals surface area (Å²) in [4.78, 5) is 7.75. The number of ether oxygens (including phenoxy) is 1. The van der Waals surface area contributed by atoms with E-state index in [-0.39, 0.29) is 17.6 Å². The molecule has 0 aromatic carbocycles. The van der Waals surface area contributed by atoms with Gasteiger partial charge in [0.15, 0.2) is 5.65 Å². The number of nitrogens with two attached hydrogens (primary N) is 1. The van der Waals surface area contributed by atoms with E-state index in [9.17, 15) is 13.2 Å². The van der Waals surface area contributed by atoms with Gasteiger partial charge in [-0.1, -0.05) is 0 Å². The summed E-state index contributed by atoms with van der Waals surface area (Å²) in [6.45, 7) is 1.07. The number of hydrogen-bond acceptors (Lipinski definition) is 4. The predicted molar refractivity (Wildman–Crippen MR) is 66.0 cm³/mol. The number of nitrogen functional groups attached to an aromatic ring is 1. The van der Waals surface area contributed by atoms with Gasteiger partial charge in [0.25, 0.3) is 0 Å². The van der Waals surface area contributed by atoms with Crippen LogP contribution in [0.1, 0.15) is 24.6 Å².